The molecule has 2 rings (SSSR count). The Labute approximate surface area is 132 Å². The third kappa shape index (κ3) is 3.66. The Morgan fingerprint density at radius 2 is 2.14 bits per heavy atom. The third-order valence-electron chi connectivity index (χ3n) is 3.42. The second kappa shape index (κ2) is 7.42. The van der Waals surface area contributed by atoms with Crippen molar-refractivity contribution in [3.05, 3.63) is 41.8 Å². The molecule has 1 aromatic carbocycles. The van der Waals surface area contributed by atoms with Crippen LogP contribution in [-0.2, 0) is 0 Å². The number of amides is 1. The van der Waals surface area contributed by atoms with Gasteiger partial charge in [-0.3, -0.25) is 9.89 Å². The van der Waals surface area contributed by atoms with Gasteiger partial charge in [-0.1, -0.05) is 0 Å². The van der Waals surface area contributed by atoms with Gasteiger partial charge in [-0.05, 0) is 37.4 Å². The maximum absolute atomic E-state index is 13.0. The molecule has 0 aliphatic heterocycles. The molecule has 3 N–H and O–H groups in total. The zero-order valence-corrected chi connectivity index (χ0v) is 13.2. The molecule has 2 aromatic rings. The first kappa shape index (κ1) is 16.5. The number of aromatic amines is 1. The van der Waals surface area contributed by atoms with E-state index in [-0.39, 0.29) is 29.6 Å². The zero-order chi connectivity index (χ0) is 16.1. The van der Waals surface area contributed by atoms with E-state index in [9.17, 15) is 14.3 Å². The highest BCUT2D eigenvalue weighted by molar-refractivity contribution is 7.99. The summed E-state index contributed by atoms with van der Waals surface area (Å²) in [6.07, 6.45) is 3.32. The summed E-state index contributed by atoms with van der Waals surface area (Å²) in [6, 6.07) is 5.64. The normalized spacial score (nSPS) is 13.6. The van der Waals surface area contributed by atoms with Crippen LogP contribution in [0.15, 0.2) is 30.5 Å². The predicted octanol–water partition coefficient (Wildman–Crippen LogP) is 2.06. The summed E-state index contributed by atoms with van der Waals surface area (Å²) >= 11 is 1.49. The minimum absolute atomic E-state index is 0.0151. The van der Waals surface area contributed by atoms with Gasteiger partial charge in [0.1, 0.15) is 5.82 Å². The van der Waals surface area contributed by atoms with Crippen LogP contribution in [0.2, 0.25) is 0 Å². The van der Waals surface area contributed by atoms with Gasteiger partial charge in [0.15, 0.2) is 0 Å². The molecular formula is C15H18FN3O2S. The van der Waals surface area contributed by atoms with Crippen molar-refractivity contribution in [1.82, 2.24) is 15.5 Å². The number of benzene rings is 1. The Bertz CT molecular complexity index is 626. The number of hydrogen-bond donors (Lipinski definition) is 3. The summed E-state index contributed by atoms with van der Waals surface area (Å²) in [7, 11) is 0. The number of nitrogens with one attached hydrogen (secondary N) is 2. The van der Waals surface area contributed by atoms with E-state index in [2.05, 4.69) is 15.5 Å². The first-order valence-corrected chi connectivity index (χ1v) is 8.09. The van der Waals surface area contributed by atoms with E-state index in [1.807, 2.05) is 13.2 Å². The lowest BCUT2D eigenvalue weighted by molar-refractivity contribution is 0.0936. The van der Waals surface area contributed by atoms with Gasteiger partial charge >= 0.3 is 0 Å². The van der Waals surface area contributed by atoms with Crippen LogP contribution in [0.5, 0.6) is 0 Å². The molecule has 0 aliphatic carbocycles. The summed E-state index contributed by atoms with van der Waals surface area (Å²) in [4.78, 5) is 12.4. The molecule has 1 amide bonds. The number of rotatable bonds is 6. The molecule has 1 aromatic heterocycles. The van der Waals surface area contributed by atoms with Crippen molar-refractivity contribution in [3.8, 4) is 11.3 Å². The fraction of sp³-hybridized carbons (Fsp3) is 0.333. The van der Waals surface area contributed by atoms with E-state index in [1.165, 1.54) is 30.1 Å². The first-order valence-electron chi connectivity index (χ1n) is 6.80. The van der Waals surface area contributed by atoms with Gasteiger partial charge in [0.05, 0.1) is 24.1 Å². The molecule has 2 unspecified atom stereocenters. The van der Waals surface area contributed by atoms with E-state index in [0.29, 0.717) is 16.8 Å². The van der Waals surface area contributed by atoms with Crippen molar-refractivity contribution < 1.29 is 14.3 Å². The van der Waals surface area contributed by atoms with Crippen LogP contribution in [0.25, 0.3) is 11.3 Å². The Kier molecular flexibility index (Phi) is 5.57. The van der Waals surface area contributed by atoms with E-state index in [0.717, 1.165) is 0 Å². The van der Waals surface area contributed by atoms with Crippen LogP contribution in [0.1, 0.15) is 17.3 Å². The molecule has 0 bridgehead atoms. The maximum atomic E-state index is 13.0. The number of aliphatic hydroxyl groups excluding tert-OH is 1. The molecule has 7 heteroatoms. The number of hydrogen-bond acceptors (Lipinski definition) is 4. The lowest BCUT2D eigenvalue weighted by Gasteiger charge is -2.21. The molecule has 0 saturated heterocycles. The summed E-state index contributed by atoms with van der Waals surface area (Å²) < 4.78 is 13.0. The van der Waals surface area contributed by atoms with Crippen LogP contribution in [-0.4, -0.2) is 45.4 Å². The maximum Gasteiger partial charge on any atom is 0.255 e. The molecule has 22 heavy (non-hydrogen) atoms. The highest BCUT2D eigenvalue weighted by Crippen LogP contribution is 2.21. The van der Waals surface area contributed by atoms with Gasteiger partial charge < -0.3 is 10.4 Å². The van der Waals surface area contributed by atoms with Crippen molar-refractivity contribution in [3.63, 3.8) is 0 Å². The average molecular weight is 323 g/mol. The lowest BCUT2D eigenvalue weighted by Crippen LogP contribution is -2.41. The number of thioether (sulfide) groups is 1. The Morgan fingerprint density at radius 3 is 2.73 bits per heavy atom. The molecule has 118 valence electrons. The quantitative estimate of drug-likeness (QED) is 0.760. The highest BCUT2D eigenvalue weighted by atomic mass is 32.2. The third-order valence-corrected chi connectivity index (χ3v) is 4.58. The monoisotopic (exact) mass is 323 g/mol. The number of nitrogens with zero attached hydrogens (tertiary/aromatic N) is 1. The molecule has 0 radical (unpaired) electrons. The smallest absolute Gasteiger partial charge is 0.255 e. The molecule has 0 aliphatic rings. The number of aliphatic hydroxyl groups is 1. The minimum atomic E-state index is -0.339. The van der Waals surface area contributed by atoms with Crippen molar-refractivity contribution in [2.24, 2.45) is 0 Å². The largest absolute Gasteiger partial charge is 0.395 e. The van der Waals surface area contributed by atoms with Crippen LogP contribution < -0.4 is 5.32 Å². The predicted molar refractivity (Wildman–Crippen MR) is 85.3 cm³/mol. The topological polar surface area (TPSA) is 78.0 Å². The van der Waals surface area contributed by atoms with Gasteiger partial charge in [-0.15, -0.1) is 0 Å². The van der Waals surface area contributed by atoms with E-state index < -0.39 is 0 Å². The molecule has 2 atom stereocenters. The SMILES string of the molecule is CSC(CO)C(C)NC(=O)c1cn[nH]c1-c1ccc(F)cc1. The highest BCUT2D eigenvalue weighted by Gasteiger charge is 2.21. The first-order chi connectivity index (χ1) is 10.6. The van der Waals surface area contributed by atoms with E-state index in [1.54, 1.807) is 12.1 Å². The molecular weight excluding hydrogens is 305 g/mol. The minimum Gasteiger partial charge on any atom is -0.395 e. The van der Waals surface area contributed by atoms with E-state index >= 15 is 0 Å². The average Bonchev–Trinajstić information content (AvgIpc) is 2.98. The summed E-state index contributed by atoms with van der Waals surface area (Å²) in [5.74, 6) is -0.623. The van der Waals surface area contributed by atoms with Crippen molar-refractivity contribution in [2.75, 3.05) is 12.9 Å². The Balaban J connectivity index is 2.18. The second-order valence-electron chi connectivity index (χ2n) is 4.88. The van der Waals surface area contributed by atoms with Crippen LogP contribution in [0.4, 0.5) is 4.39 Å². The molecule has 1 heterocycles. The van der Waals surface area contributed by atoms with Crippen molar-refractivity contribution in [2.45, 2.75) is 18.2 Å². The van der Waals surface area contributed by atoms with Gasteiger partial charge in [0, 0.05) is 16.9 Å². The number of halogens is 1. The van der Waals surface area contributed by atoms with Crippen LogP contribution in [0, 0.1) is 5.82 Å². The fourth-order valence-corrected chi connectivity index (χ4v) is 2.73. The Morgan fingerprint density at radius 1 is 1.45 bits per heavy atom. The van der Waals surface area contributed by atoms with Crippen molar-refractivity contribution >= 4 is 17.7 Å². The van der Waals surface area contributed by atoms with Gasteiger partial charge in [0.25, 0.3) is 5.91 Å². The Hall–Kier alpha value is -1.86. The lowest BCUT2D eigenvalue weighted by atomic mass is 10.1. The summed E-state index contributed by atoms with van der Waals surface area (Å²) in [5.41, 5.74) is 1.60. The zero-order valence-electron chi connectivity index (χ0n) is 12.3. The van der Waals surface area contributed by atoms with Crippen LogP contribution in [0.3, 0.4) is 0 Å². The second-order valence-corrected chi connectivity index (χ2v) is 5.96. The summed E-state index contributed by atoms with van der Waals surface area (Å²) in [6.45, 7) is 1.83. The standard InChI is InChI=1S/C15H18FN3O2S/c1-9(13(8-20)22-2)18-15(21)12-7-17-19-14(12)10-3-5-11(16)6-4-10/h3-7,9,13,20H,8H2,1-2H3,(H,17,19)(H,18,21). The number of aromatic nitrogens is 2. The van der Waals surface area contributed by atoms with Gasteiger partial charge in [0.2, 0.25) is 0 Å². The van der Waals surface area contributed by atoms with Gasteiger partial charge in [-0.25, -0.2) is 4.39 Å². The summed E-state index contributed by atoms with van der Waals surface area (Å²) in [5, 5.41) is 18.7. The molecule has 0 fully saturated rings. The fourth-order valence-electron chi connectivity index (χ4n) is 2.11. The number of H-pyrrole nitrogens is 1. The molecule has 5 nitrogen and oxygen atoms in total. The molecule has 0 spiro atoms. The molecule has 0 saturated carbocycles. The van der Waals surface area contributed by atoms with Gasteiger partial charge in [-0.2, -0.15) is 16.9 Å². The van der Waals surface area contributed by atoms with Crippen molar-refractivity contribution in [1.29, 1.82) is 0 Å². The van der Waals surface area contributed by atoms with E-state index in [4.69, 9.17) is 0 Å². The van der Waals surface area contributed by atoms with Crippen LogP contribution >= 0.6 is 11.8 Å². The number of carbonyl (C=O) groups is 1. The number of carbonyl (C=O) groups excluding carboxylic acids is 1.